The zero-order valence-corrected chi connectivity index (χ0v) is 14.5. The Morgan fingerprint density at radius 1 is 1.00 bits per heavy atom. The molecule has 2 amide bonds. The van der Waals surface area contributed by atoms with Crippen LogP contribution in [0.3, 0.4) is 0 Å². The first-order valence-electron chi connectivity index (χ1n) is 8.21. The van der Waals surface area contributed by atoms with E-state index in [1.807, 2.05) is 4.90 Å². The third-order valence-electron chi connectivity index (χ3n) is 4.32. The number of hydrogen-bond donors (Lipinski definition) is 0. The largest absolute Gasteiger partial charge is 0.339 e. The molecule has 0 atom stereocenters. The highest BCUT2D eigenvalue weighted by Gasteiger charge is 2.22. The Labute approximate surface area is 138 Å². The lowest BCUT2D eigenvalue weighted by atomic mass is 9.94. The Kier molecular flexibility index (Phi) is 5.59. The summed E-state index contributed by atoms with van der Waals surface area (Å²) in [7, 11) is 0. The highest BCUT2D eigenvalue weighted by Crippen LogP contribution is 2.24. The minimum Gasteiger partial charge on any atom is -0.339 e. The minimum atomic E-state index is 0.0393. The maximum absolute atomic E-state index is 12.6. The molecule has 0 saturated carbocycles. The van der Waals surface area contributed by atoms with Gasteiger partial charge in [0.25, 0.3) is 0 Å². The predicted octanol–water partition coefficient (Wildman–Crippen LogP) is 2.73. The van der Waals surface area contributed by atoms with Crippen molar-refractivity contribution in [2.75, 3.05) is 26.2 Å². The van der Waals surface area contributed by atoms with Crippen LogP contribution in [0.5, 0.6) is 0 Å². The average molecular weight is 314 g/mol. The molecule has 4 nitrogen and oxygen atoms in total. The van der Waals surface area contributed by atoms with Crippen LogP contribution < -0.4 is 0 Å². The highest BCUT2D eigenvalue weighted by atomic mass is 16.2. The van der Waals surface area contributed by atoms with Crippen molar-refractivity contribution in [3.63, 3.8) is 0 Å². The molecular formula is C19H26N2O2. The van der Waals surface area contributed by atoms with E-state index in [4.69, 9.17) is 0 Å². The summed E-state index contributed by atoms with van der Waals surface area (Å²) in [5.41, 5.74) is 3.37. The number of amides is 2. The lowest BCUT2D eigenvalue weighted by Crippen LogP contribution is -2.49. The minimum absolute atomic E-state index is 0.0393. The van der Waals surface area contributed by atoms with E-state index in [1.165, 1.54) is 5.56 Å². The summed E-state index contributed by atoms with van der Waals surface area (Å²) in [6.07, 6.45) is 1.76. The standard InChI is InChI=1S/C19H26N2O2/c1-14(2)18(17-7-5-15(3)6-8-17)13-19(23)21-11-9-20(10-12-21)16(4)22/h5-8,13-14H,9-12H2,1-4H3/b18-13+. The number of nitrogens with zero attached hydrogens (tertiary/aromatic N) is 2. The molecule has 4 heteroatoms. The van der Waals surface area contributed by atoms with E-state index >= 15 is 0 Å². The van der Waals surface area contributed by atoms with Crippen LogP contribution in [0.1, 0.15) is 31.9 Å². The summed E-state index contributed by atoms with van der Waals surface area (Å²) in [6, 6.07) is 8.29. The molecule has 0 spiro atoms. The molecule has 0 aromatic heterocycles. The number of aryl methyl sites for hydroxylation is 1. The van der Waals surface area contributed by atoms with Gasteiger partial charge in [-0.2, -0.15) is 0 Å². The van der Waals surface area contributed by atoms with Gasteiger partial charge in [-0.25, -0.2) is 0 Å². The molecule has 1 fully saturated rings. The van der Waals surface area contributed by atoms with Gasteiger partial charge in [0.1, 0.15) is 0 Å². The van der Waals surface area contributed by atoms with E-state index in [0.717, 1.165) is 11.1 Å². The topological polar surface area (TPSA) is 40.6 Å². The van der Waals surface area contributed by atoms with Crippen LogP contribution in [-0.4, -0.2) is 47.8 Å². The molecule has 0 N–H and O–H groups in total. The van der Waals surface area contributed by atoms with Crippen LogP contribution >= 0.6 is 0 Å². The van der Waals surface area contributed by atoms with Crippen molar-refractivity contribution in [1.82, 2.24) is 9.80 Å². The third kappa shape index (κ3) is 4.44. The average Bonchev–Trinajstić information content (AvgIpc) is 2.53. The van der Waals surface area contributed by atoms with Gasteiger partial charge < -0.3 is 9.80 Å². The second-order valence-corrected chi connectivity index (χ2v) is 6.45. The zero-order chi connectivity index (χ0) is 17.0. The van der Waals surface area contributed by atoms with E-state index in [-0.39, 0.29) is 17.7 Å². The zero-order valence-electron chi connectivity index (χ0n) is 14.5. The number of rotatable bonds is 3. The Bertz CT molecular complexity index is 594. The molecule has 0 aliphatic carbocycles. The van der Waals surface area contributed by atoms with Gasteiger partial charge >= 0.3 is 0 Å². The molecule has 23 heavy (non-hydrogen) atoms. The number of allylic oxidation sites excluding steroid dienone is 1. The first-order valence-corrected chi connectivity index (χ1v) is 8.21. The second-order valence-electron chi connectivity index (χ2n) is 6.45. The Balaban J connectivity index is 2.12. The maximum Gasteiger partial charge on any atom is 0.246 e. The number of benzene rings is 1. The molecule has 0 unspecified atom stereocenters. The summed E-state index contributed by atoms with van der Waals surface area (Å²) >= 11 is 0. The Morgan fingerprint density at radius 3 is 2.00 bits per heavy atom. The maximum atomic E-state index is 12.6. The fourth-order valence-corrected chi connectivity index (χ4v) is 2.80. The predicted molar refractivity (Wildman–Crippen MR) is 92.8 cm³/mol. The summed E-state index contributed by atoms with van der Waals surface area (Å²) in [4.78, 5) is 27.6. The Morgan fingerprint density at radius 2 is 1.52 bits per heavy atom. The van der Waals surface area contributed by atoms with Gasteiger partial charge in [0.15, 0.2) is 0 Å². The molecule has 1 aliphatic heterocycles. The van der Waals surface area contributed by atoms with Gasteiger partial charge in [0, 0.05) is 39.2 Å². The summed E-state index contributed by atoms with van der Waals surface area (Å²) < 4.78 is 0. The SMILES string of the molecule is CC(=O)N1CCN(C(=O)/C=C(/c2ccc(C)cc2)C(C)C)CC1. The van der Waals surface area contributed by atoms with E-state index in [0.29, 0.717) is 26.2 Å². The van der Waals surface area contributed by atoms with E-state index < -0.39 is 0 Å². The van der Waals surface area contributed by atoms with E-state index in [2.05, 4.69) is 45.0 Å². The molecule has 0 radical (unpaired) electrons. The summed E-state index contributed by atoms with van der Waals surface area (Å²) in [5, 5.41) is 0. The Hall–Kier alpha value is -2.10. The van der Waals surface area contributed by atoms with Gasteiger partial charge in [-0.05, 0) is 24.0 Å². The number of piperazine rings is 1. The van der Waals surface area contributed by atoms with Crippen LogP contribution in [-0.2, 0) is 9.59 Å². The first-order chi connectivity index (χ1) is 10.9. The quantitative estimate of drug-likeness (QED) is 0.805. The molecular weight excluding hydrogens is 288 g/mol. The van der Waals surface area contributed by atoms with Gasteiger partial charge in [-0.1, -0.05) is 43.7 Å². The molecule has 1 aliphatic rings. The van der Waals surface area contributed by atoms with Crippen molar-refractivity contribution in [2.24, 2.45) is 5.92 Å². The summed E-state index contributed by atoms with van der Waals surface area (Å²) in [5.74, 6) is 0.396. The van der Waals surface area contributed by atoms with Crippen molar-refractivity contribution in [3.8, 4) is 0 Å². The van der Waals surface area contributed by atoms with Crippen molar-refractivity contribution in [2.45, 2.75) is 27.7 Å². The molecule has 1 heterocycles. The van der Waals surface area contributed by atoms with Crippen LogP contribution in [0, 0.1) is 12.8 Å². The van der Waals surface area contributed by atoms with Crippen LogP contribution in [0.4, 0.5) is 0 Å². The third-order valence-corrected chi connectivity index (χ3v) is 4.32. The van der Waals surface area contributed by atoms with Crippen LogP contribution in [0.15, 0.2) is 30.3 Å². The van der Waals surface area contributed by atoms with Gasteiger partial charge in [-0.15, -0.1) is 0 Å². The number of hydrogen-bond acceptors (Lipinski definition) is 2. The second kappa shape index (κ2) is 7.44. The smallest absolute Gasteiger partial charge is 0.246 e. The lowest BCUT2D eigenvalue weighted by Gasteiger charge is -2.33. The normalized spacial score (nSPS) is 16.0. The molecule has 1 saturated heterocycles. The first kappa shape index (κ1) is 17.3. The molecule has 2 rings (SSSR count). The molecule has 1 aromatic carbocycles. The molecule has 0 bridgehead atoms. The van der Waals surface area contributed by atoms with E-state index in [9.17, 15) is 9.59 Å². The monoisotopic (exact) mass is 314 g/mol. The van der Waals surface area contributed by atoms with E-state index in [1.54, 1.807) is 17.9 Å². The van der Waals surface area contributed by atoms with Gasteiger partial charge in [0.05, 0.1) is 0 Å². The highest BCUT2D eigenvalue weighted by molar-refractivity contribution is 5.95. The molecule has 124 valence electrons. The fourth-order valence-electron chi connectivity index (χ4n) is 2.80. The van der Waals surface area contributed by atoms with Crippen molar-refractivity contribution >= 4 is 17.4 Å². The van der Waals surface area contributed by atoms with Crippen molar-refractivity contribution < 1.29 is 9.59 Å². The lowest BCUT2D eigenvalue weighted by molar-refractivity contribution is -0.135. The number of carbonyl (C=O) groups excluding carboxylic acids is 2. The van der Waals surface area contributed by atoms with Crippen molar-refractivity contribution in [3.05, 3.63) is 41.5 Å². The number of carbonyl (C=O) groups is 2. The van der Waals surface area contributed by atoms with Crippen LogP contribution in [0.2, 0.25) is 0 Å². The van der Waals surface area contributed by atoms with Gasteiger partial charge in [0.2, 0.25) is 11.8 Å². The summed E-state index contributed by atoms with van der Waals surface area (Å²) in [6.45, 7) is 10.3. The fraction of sp³-hybridized carbons (Fsp3) is 0.474. The van der Waals surface area contributed by atoms with Crippen LogP contribution in [0.25, 0.3) is 5.57 Å². The molecule has 1 aromatic rings. The van der Waals surface area contributed by atoms with Gasteiger partial charge in [-0.3, -0.25) is 9.59 Å². The van der Waals surface area contributed by atoms with Crippen molar-refractivity contribution in [1.29, 1.82) is 0 Å².